The molecule has 31 heavy (non-hydrogen) atoms. The lowest BCUT2D eigenvalue weighted by atomic mass is 9.75. The molecule has 3 saturated heterocycles. The Bertz CT molecular complexity index is 1170. The second-order valence-electron chi connectivity index (χ2n) is 9.57. The van der Waals surface area contributed by atoms with Crippen LogP contribution in [0.15, 0.2) is 36.4 Å². The Morgan fingerprint density at radius 1 is 1.00 bits per heavy atom. The van der Waals surface area contributed by atoms with Crippen LogP contribution in [0, 0.1) is 32.6 Å². The Kier molecular flexibility index (Phi) is 3.65. The highest BCUT2D eigenvalue weighted by Gasteiger charge is 2.78. The van der Waals surface area contributed by atoms with E-state index in [0.29, 0.717) is 5.69 Å². The Hall–Kier alpha value is -2.99. The third-order valence-electron chi connectivity index (χ3n) is 8.22. The van der Waals surface area contributed by atoms with Crippen LogP contribution in [0.4, 0.5) is 11.4 Å². The number of hydrogen-bond donors (Lipinski definition) is 2. The van der Waals surface area contributed by atoms with Gasteiger partial charge in [-0.25, -0.2) is 4.90 Å². The van der Waals surface area contributed by atoms with Crippen molar-refractivity contribution in [3.05, 3.63) is 58.7 Å². The van der Waals surface area contributed by atoms with Gasteiger partial charge >= 0.3 is 0 Å². The van der Waals surface area contributed by atoms with Crippen LogP contribution in [0.3, 0.4) is 0 Å². The zero-order valence-corrected chi connectivity index (χ0v) is 18.0. The maximum absolute atomic E-state index is 13.9. The zero-order valence-electron chi connectivity index (χ0n) is 18.0. The smallest absolute Gasteiger partial charge is 0.291 e. The molecule has 4 aliphatic rings. The van der Waals surface area contributed by atoms with Crippen LogP contribution in [0.5, 0.6) is 0 Å². The average Bonchev–Trinajstić information content (AvgIpc) is 3.45. The molecule has 1 unspecified atom stereocenters. The summed E-state index contributed by atoms with van der Waals surface area (Å²) in [6.07, 6.45) is 1.83. The van der Waals surface area contributed by atoms with Crippen molar-refractivity contribution in [1.29, 1.82) is 0 Å². The number of carbonyl (C=O) groups is 3. The average molecular weight is 417 g/mol. The van der Waals surface area contributed by atoms with Gasteiger partial charge in [0.2, 0.25) is 17.4 Å². The highest BCUT2D eigenvalue weighted by atomic mass is 16.2. The van der Waals surface area contributed by atoms with Crippen molar-refractivity contribution >= 4 is 29.1 Å². The van der Waals surface area contributed by atoms with Crippen LogP contribution in [0.2, 0.25) is 0 Å². The van der Waals surface area contributed by atoms with Crippen LogP contribution < -0.4 is 15.1 Å². The molecule has 0 bridgehead atoms. The van der Waals surface area contributed by atoms with E-state index in [-0.39, 0.29) is 23.8 Å². The predicted octanol–water partition coefficient (Wildman–Crippen LogP) is 1.63. The molecule has 2 aromatic rings. The Balaban J connectivity index is 1.56. The van der Waals surface area contributed by atoms with E-state index in [2.05, 4.69) is 5.32 Å². The first-order valence-corrected chi connectivity index (χ1v) is 11.1. The highest BCUT2D eigenvalue weighted by Crippen LogP contribution is 2.53. The van der Waals surface area contributed by atoms with E-state index in [1.165, 1.54) is 4.90 Å². The van der Waals surface area contributed by atoms with Crippen molar-refractivity contribution in [3.8, 4) is 0 Å². The Morgan fingerprint density at radius 2 is 1.74 bits per heavy atom. The first-order valence-electron chi connectivity index (χ1n) is 11.1. The molecule has 3 amide bonds. The molecule has 2 N–H and O–H groups in total. The van der Waals surface area contributed by atoms with E-state index >= 15 is 0 Å². The van der Waals surface area contributed by atoms with Gasteiger partial charge in [0.25, 0.3) is 5.91 Å². The number of nitrogens with one attached hydrogen (secondary N) is 2. The summed E-state index contributed by atoms with van der Waals surface area (Å²) in [5.74, 6) is -1.63. The minimum atomic E-state index is -1.02. The lowest BCUT2D eigenvalue weighted by Crippen LogP contribution is -3.19. The number of benzene rings is 2. The van der Waals surface area contributed by atoms with Crippen LogP contribution in [-0.4, -0.2) is 30.3 Å². The summed E-state index contributed by atoms with van der Waals surface area (Å²) in [6.45, 7) is 6.82. The monoisotopic (exact) mass is 416 g/mol. The van der Waals surface area contributed by atoms with Crippen molar-refractivity contribution in [3.63, 3.8) is 0 Å². The number of imide groups is 1. The van der Waals surface area contributed by atoms with Gasteiger partial charge in [0.1, 0.15) is 17.9 Å². The fraction of sp³-hybridized carbons (Fsp3) is 0.400. The molecule has 4 aliphatic heterocycles. The number of aryl methyl sites for hydroxylation is 2. The van der Waals surface area contributed by atoms with Gasteiger partial charge < -0.3 is 10.2 Å². The number of carbonyl (C=O) groups excluding carboxylic acids is 3. The van der Waals surface area contributed by atoms with Crippen molar-refractivity contribution in [2.24, 2.45) is 11.8 Å². The normalized spacial score (nSPS) is 33.1. The Morgan fingerprint density at radius 3 is 2.48 bits per heavy atom. The maximum atomic E-state index is 13.9. The minimum Gasteiger partial charge on any atom is -0.320 e. The van der Waals surface area contributed by atoms with E-state index in [9.17, 15) is 14.4 Å². The summed E-state index contributed by atoms with van der Waals surface area (Å²) in [7, 11) is 0. The molecule has 6 heteroatoms. The maximum Gasteiger partial charge on any atom is 0.291 e. The lowest BCUT2D eigenvalue weighted by Gasteiger charge is -2.33. The second-order valence-corrected chi connectivity index (χ2v) is 9.57. The number of anilines is 2. The van der Waals surface area contributed by atoms with Crippen molar-refractivity contribution < 1.29 is 19.3 Å². The van der Waals surface area contributed by atoms with E-state index in [4.69, 9.17) is 0 Å². The number of fused-ring (bicyclic) bond motifs is 7. The largest absolute Gasteiger partial charge is 0.320 e. The SMILES string of the molecule is Cc1ccc(N2C(=O)[C@H]3[C@H]4CCC[NH+]4[C@@]4(C(=O)Nc5c4ccc(C)c5C)[C@H]3C2=O)cc1. The van der Waals surface area contributed by atoms with E-state index in [0.717, 1.165) is 52.2 Å². The summed E-state index contributed by atoms with van der Waals surface area (Å²) in [4.78, 5) is 43.7. The van der Waals surface area contributed by atoms with Crippen molar-refractivity contribution in [2.75, 3.05) is 16.8 Å². The van der Waals surface area contributed by atoms with Gasteiger partial charge in [-0.1, -0.05) is 23.8 Å². The van der Waals surface area contributed by atoms with Gasteiger partial charge in [0.05, 0.1) is 17.9 Å². The molecular formula is C25H26N3O3+. The first kappa shape index (κ1) is 18.8. The second kappa shape index (κ2) is 6.04. The molecule has 3 fully saturated rings. The summed E-state index contributed by atoms with van der Waals surface area (Å²) in [5.41, 5.74) is 4.51. The third kappa shape index (κ3) is 2.09. The van der Waals surface area contributed by atoms with Crippen molar-refractivity contribution in [2.45, 2.75) is 45.2 Å². The molecule has 0 saturated carbocycles. The standard InChI is InChI=1S/C25H25N3O3/c1-13-6-9-16(10-7-13)28-22(29)19-18-5-4-12-27(18)25(20(19)23(28)30)17-11-8-14(2)15(3)21(17)26-24(25)31/h6-11,18-20H,4-5,12H2,1-3H3,(H,26,31)/p+1/t18-,19+,20-,25-/m1/s1. The van der Waals surface area contributed by atoms with Crippen LogP contribution in [0.25, 0.3) is 0 Å². The number of hydrogen-bond acceptors (Lipinski definition) is 3. The first-order chi connectivity index (χ1) is 14.9. The van der Waals surface area contributed by atoms with Gasteiger partial charge in [-0.3, -0.25) is 14.4 Å². The molecule has 158 valence electrons. The minimum absolute atomic E-state index is 0.00444. The topological polar surface area (TPSA) is 70.9 Å². The van der Waals surface area contributed by atoms with Crippen LogP contribution in [-0.2, 0) is 19.9 Å². The molecule has 2 aromatic carbocycles. The molecule has 5 atom stereocenters. The lowest BCUT2D eigenvalue weighted by molar-refractivity contribution is -0.948. The van der Waals surface area contributed by atoms with Gasteiger partial charge in [-0.2, -0.15) is 0 Å². The number of quaternary nitrogens is 1. The predicted molar refractivity (Wildman–Crippen MR) is 116 cm³/mol. The summed E-state index contributed by atoms with van der Waals surface area (Å²) >= 11 is 0. The van der Waals surface area contributed by atoms with E-state index in [1.54, 1.807) is 0 Å². The highest BCUT2D eigenvalue weighted by molar-refractivity contribution is 6.25. The van der Waals surface area contributed by atoms with Gasteiger partial charge in [0, 0.05) is 18.4 Å². The fourth-order valence-corrected chi connectivity index (χ4v) is 6.73. The quantitative estimate of drug-likeness (QED) is 0.695. The molecule has 0 aliphatic carbocycles. The van der Waals surface area contributed by atoms with Gasteiger partial charge in [-0.15, -0.1) is 0 Å². The number of nitrogens with zero attached hydrogens (tertiary/aromatic N) is 1. The summed E-state index contributed by atoms with van der Waals surface area (Å²) in [6, 6.07) is 11.5. The van der Waals surface area contributed by atoms with Gasteiger partial charge in [0.15, 0.2) is 0 Å². The van der Waals surface area contributed by atoms with Crippen LogP contribution in [0.1, 0.15) is 35.1 Å². The molecule has 4 heterocycles. The number of amides is 3. The summed E-state index contributed by atoms with van der Waals surface area (Å²) in [5, 5.41) is 3.12. The fourth-order valence-electron chi connectivity index (χ4n) is 6.73. The van der Waals surface area contributed by atoms with E-state index < -0.39 is 17.4 Å². The summed E-state index contributed by atoms with van der Waals surface area (Å²) < 4.78 is 0. The zero-order chi connectivity index (χ0) is 21.7. The third-order valence-corrected chi connectivity index (χ3v) is 8.22. The molecule has 1 spiro atoms. The molecule has 0 radical (unpaired) electrons. The molecule has 6 nitrogen and oxygen atoms in total. The van der Waals surface area contributed by atoms with Crippen molar-refractivity contribution in [1.82, 2.24) is 0 Å². The van der Waals surface area contributed by atoms with E-state index in [1.807, 2.05) is 57.2 Å². The number of rotatable bonds is 1. The van der Waals surface area contributed by atoms with Gasteiger partial charge in [-0.05, 0) is 50.1 Å². The van der Waals surface area contributed by atoms with Crippen LogP contribution >= 0.6 is 0 Å². The molecule has 6 rings (SSSR count). The Labute approximate surface area is 181 Å². The molecule has 0 aromatic heterocycles. The molecular weight excluding hydrogens is 390 g/mol.